The Bertz CT molecular complexity index is 166. The maximum atomic E-state index is 10.7. The van der Waals surface area contributed by atoms with Gasteiger partial charge in [0.2, 0.25) is 0 Å². The van der Waals surface area contributed by atoms with Crippen LogP contribution in [0.15, 0.2) is 0 Å². The zero-order valence-corrected chi connectivity index (χ0v) is 6.87. The van der Waals surface area contributed by atoms with E-state index in [-0.39, 0.29) is 11.8 Å². The fraction of sp³-hybridized carbons (Fsp3) is 0.875. The van der Waals surface area contributed by atoms with Crippen molar-refractivity contribution in [1.82, 2.24) is 0 Å². The monoisotopic (exact) mass is 158 g/mol. The summed E-state index contributed by atoms with van der Waals surface area (Å²) in [5.74, 6) is -1.31. The lowest BCUT2D eigenvalue weighted by Crippen LogP contribution is -2.45. The fourth-order valence-corrected chi connectivity index (χ4v) is 1.85. The molecule has 3 nitrogen and oxygen atoms in total. The van der Waals surface area contributed by atoms with Crippen LogP contribution in [-0.4, -0.2) is 21.8 Å². The molecule has 1 saturated carbocycles. The Morgan fingerprint density at radius 1 is 1.36 bits per heavy atom. The molecular weight excluding hydrogens is 144 g/mol. The number of hydrogen-bond acceptors (Lipinski definition) is 2. The molecular formula is C8H14O3. The summed E-state index contributed by atoms with van der Waals surface area (Å²) >= 11 is 0. The minimum Gasteiger partial charge on any atom is -0.479 e. The molecule has 0 spiro atoms. The van der Waals surface area contributed by atoms with Crippen LogP contribution in [0.25, 0.3) is 0 Å². The fourth-order valence-electron chi connectivity index (χ4n) is 1.85. The van der Waals surface area contributed by atoms with E-state index in [9.17, 15) is 9.90 Å². The van der Waals surface area contributed by atoms with E-state index in [0.29, 0.717) is 0 Å². The molecule has 1 fully saturated rings. The van der Waals surface area contributed by atoms with E-state index in [1.54, 1.807) is 13.8 Å². The van der Waals surface area contributed by atoms with Gasteiger partial charge in [0, 0.05) is 0 Å². The Morgan fingerprint density at radius 3 is 1.91 bits per heavy atom. The van der Waals surface area contributed by atoms with Crippen LogP contribution in [-0.2, 0) is 4.79 Å². The van der Waals surface area contributed by atoms with E-state index in [1.807, 2.05) is 0 Å². The summed E-state index contributed by atoms with van der Waals surface area (Å²) in [5, 5.41) is 18.5. The lowest BCUT2D eigenvalue weighted by molar-refractivity contribution is -0.166. The molecule has 0 radical (unpaired) electrons. The smallest absolute Gasteiger partial charge is 0.336 e. The quantitative estimate of drug-likeness (QED) is 0.595. The van der Waals surface area contributed by atoms with Crippen LogP contribution >= 0.6 is 0 Å². The van der Waals surface area contributed by atoms with E-state index in [4.69, 9.17) is 5.11 Å². The van der Waals surface area contributed by atoms with Crippen molar-refractivity contribution in [2.45, 2.75) is 32.3 Å². The lowest BCUT2D eigenvalue weighted by Gasteiger charge is -2.26. The first-order chi connectivity index (χ1) is 4.99. The van der Waals surface area contributed by atoms with Crippen molar-refractivity contribution >= 4 is 5.97 Å². The van der Waals surface area contributed by atoms with E-state index < -0.39 is 11.6 Å². The molecule has 1 aliphatic rings. The number of carboxylic acids is 1. The van der Waals surface area contributed by atoms with Crippen LogP contribution in [0.5, 0.6) is 0 Å². The van der Waals surface area contributed by atoms with Crippen molar-refractivity contribution in [3.63, 3.8) is 0 Å². The van der Waals surface area contributed by atoms with Gasteiger partial charge in [-0.05, 0) is 24.7 Å². The second kappa shape index (κ2) is 2.48. The second-order valence-electron chi connectivity index (χ2n) is 3.51. The van der Waals surface area contributed by atoms with Gasteiger partial charge in [-0.25, -0.2) is 4.79 Å². The largest absolute Gasteiger partial charge is 0.479 e. The number of carbonyl (C=O) groups is 1. The Balaban J connectivity index is 2.88. The SMILES string of the molecule is CC1CCC(C)C1(O)C(=O)O. The highest BCUT2D eigenvalue weighted by atomic mass is 16.4. The van der Waals surface area contributed by atoms with Crippen molar-refractivity contribution in [2.24, 2.45) is 11.8 Å². The van der Waals surface area contributed by atoms with Gasteiger partial charge in [-0.15, -0.1) is 0 Å². The zero-order chi connectivity index (χ0) is 8.65. The second-order valence-corrected chi connectivity index (χ2v) is 3.51. The Labute approximate surface area is 66.0 Å². The summed E-state index contributed by atoms with van der Waals surface area (Å²) in [7, 11) is 0. The normalized spacial score (nSPS) is 44.3. The third kappa shape index (κ3) is 1.03. The van der Waals surface area contributed by atoms with Crippen LogP contribution in [0.1, 0.15) is 26.7 Å². The topological polar surface area (TPSA) is 57.5 Å². The molecule has 0 aromatic rings. The van der Waals surface area contributed by atoms with Gasteiger partial charge in [0.15, 0.2) is 5.60 Å². The number of carboxylic acid groups (broad SMARTS) is 1. The van der Waals surface area contributed by atoms with Crippen LogP contribution in [0.3, 0.4) is 0 Å². The predicted octanol–water partition coefficient (Wildman–Crippen LogP) is 0.868. The van der Waals surface area contributed by atoms with E-state index >= 15 is 0 Å². The maximum absolute atomic E-state index is 10.7. The molecule has 1 rings (SSSR count). The molecule has 2 unspecified atom stereocenters. The first-order valence-corrected chi connectivity index (χ1v) is 3.95. The van der Waals surface area contributed by atoms with Crippen molar-refractivity contribution < 1.29 is 15.0 Å². The summed E-state index contributed by atoms with van der Waals surface area (Å²) in [6.45, 7) is 3.58. The molecule has 2 N–H and O–H groups in total. The minimum atomic E-state index is -1.47. The summed E-state index contributed by atoms with van der Waals surface area (Å²) in [6, 6.07) is 0. The summed E-state index contributed by atoms with van der Waals surface area (Å²) < 4.78 is 0. The molecule has 0 aromatic carbocycles. The van der Waals surface area contributed by atoms with Crippen molar-refractivity contribution in [3.8, 4) is 0 Å². The first-order valence-electron chi connectivity index (χ1n) is 3.95. The minimum absolute atomic E-state index is 0.116. The Hall–Kier alpha value is -0.570. The number of aliphatic carboxylic acids is 1. The standard InChI is InChI=1S/C8H14O3/c1-5-3-4-6(2)8(5,11)7(9)10/h5-6,11H,3-4H2,1-2H3,(H,9,10). The first kappa shape index (κ1) is 8.53. The third-order valence-electron chi connectivity index (χ3n) is 2.88. The number of aliphatic hydroxyl groups is 1. The summed E-state index contributed by atoms with van der Waals surface area (Å²) in [5.41, 5.74) is -1.47. The van der Waals surface area contributed by atoms with Gasteiger partial charge >= 0.3 is 5.97 Å². The predicted molar refractivity (Wildman–Crippen MR) is 40.1 cm³/mol. The molecule has 0 aromatic heterocycles. The van der Waals surface area contributed by atoms with Crippen molar-refractivity contribution in [1.29, 1.82) is 0 Å². The molecule has 3 heteroatoms. The average molecular weight is 158 g/mol. The maximum Gasteiger partial charge on any atom is 0.336 e. The zero-order valence-electron chi connectivity index (χ0n) is 6.87. The molecule has 0 aliphatic heterocycles. The summed E-state index contributed by atoms with van der Waals surface area (Å²) in [4.78, 5) is 10.7. The van der Waals surface area contributed by atoms with Crippen LogP contribution in [0, 0.1) is 11.8 Å². The van der Waals surface area contributed by atoms with Crippen molar-refractivity contribution in [2.75, 3.05) is 0 Å². The van der Waals surface area contributed by atoms with Gasteiger partial charge in [0.05, 0.1) is 0 Å². The van der Waals surface area contributed by atoms with Gasteiger partial charge in [-0.3, -0.25) is 0 Å². The average Bonchev–Trinajstić information content (AvgIpc) is 2.18. The number of hydrogen-bond donors (Lipinski definition) is 2. The van der Waals surface area contributed by atoms with Gasteiger partial charge in [0.1, 0.15) is 0 Å². The van der Waals surface area contributed by atoms with Crippen LogP contribution in [0.2, 0.25) is 0 Å². The molecule has 0 saturated heterocycles. The summed E-state index contributed by atoms with van der Waals surface area (Å²) in [6.07, 6.45) is 1.62. The van der Waals surface area contributed by atoms with E-state index in [2.05, 4.69) is 0 Å². The third-order valence-corrected chi connectivity index (χ3v) is 2.88. The highest BCUT2D eigenvalue weighted by molar-refractivity contribution is 5.78. The van der Waals surface area contributed by atoms with E-state index in [1.165, 1.54) is 0 Å². The van der Waals surface area contributed by atoms with Crippen molar-refractivity contribution in [3.05, 3.63) is 0 Å². The molecule has 64 valence electrons. The molecule has 0 heterocycles. The lowest BCUT2D eigenvalue weighted by atomic mass is 9.86. The molecule has 0 bridgehead atoms. The van der Waals surface area contributed by atoms with Gasteiger partial charge in [0.25, 0.3) is 0 Å². The highest BCUT2D eigenvalue weighted by Crippen LogP contribution is 2.40. The Morgan fingerprint density at radius 2 is 1.73 bits per heavy atom. The van der Waals surface area contributed by atoms with Crippen LogP contribution < -0.4 is 0 Å². The van der Waals surface area contributed by atoms with E-state index in [0.717, 1.165) is 12.8 Å². The van der Waals surface area contributed by atoms with Crippen LogP contribution in [0.4, 0.5) is 0 Å². The van der Waals surface area contributed by atoms with Gasteiger partial charge in [-0.2, -0.15) is 0 Å². The molecule has 2 atom stereocenters. The molecule has 1 aliphatic carbocycles. The van der Waals surface area contributed by atoms with Gasteiger partial charge < -0.3 is 10.2 Å². The van der Waals surface area contributed by atoms with Gasteiger partial charge in [-0.1, -0.05) is 13.8 Å². The number of rotatable bonds is 1. The molecule has 0 amide bonds. The highest BCUT2D eigenvalue weighted by Gasteiger charge is 2.50. The molecule has 11 heavy (non-hydrogen) atoms. The Kier molecular flexibility index (Phi) is 1.92.